The summed E-state index contributed by atoms with van der Waals surface area (Å²) in [5.74, 6) is 0.239. The number of carboxylic acids is 1. The monoisotopic (exact) mass is 293 g/mol. The van der Waals surface area contributed by atoms with E-state index in [9.17, 15) is 9.59 Å². The zero-order valence-electron chi connectivity index (χ0n) is 12.2. The summed E-state index contributed by atoms with van der Waals surface area (Å²) in [6.45, 7) is 1.08. The van der Waals surface area contributed by atoms with Crippen LogP contribution in [0.3, 0.4) is 0 Å². The highest BCUT2D eigenvalue weighted by Gasteiger charge is 2.23. The van der Waals surface area contributed by atoms with E-state index in [2.05, 4.69) is 0 Å². The number of carbonyl (C=O) groups excluding carboxylic acids is 1. The van der Waals surface area contributed by atoms with Crippen molar-refractivity contribution in [3.8, 4) is 11.5 Å². The molecule has 0 saturated heterocycles. The van der Waals surface area contributed by atoms with Crippen LogP contribution in [-0.4, -0.2) is 42.6 Å². The van der Waals surface area contributed by atoms with Gasteiger partial charge in [0.2, 0.25) is 5.91 Å². The lowest BCUT2D eigenvalue weighted by Gasteiger charge is -2.29. The van der Waals surface area contributed by atoms with Gasteiger partial charge in [0.05, 0.1) is 20.6 Å². The number of fused-ring (bicyclic) bond motifs is 1. The molecule has 114 valence electrons. The van der Waals surface area contributed by atoms with Crippen LogP contribution < -0.4 is 9.47 Å². The number of carboxylic acid groups (broad SMARTS) is 1. The smallest absolute Gasteiger partial charge is 0.303 e. The molecule has 1 heterocycles. The SMILES string of the molecule is COc1cc2c(cc1OC)CN(C(=O)CCC(=O)O)CC2. The van der Waals surface area contributed by atoms with E-state index in [0.29, 0.717) is 24.6 Å². The molecule has 0 aliphatic carbocycles. The fraction of sp³-hybridized carbons (Fsp3) is 0.467. The standard InChI is InChI=1S/C15H19NO5/c1-20-12-7-10-5-6-16(14(17)3-4-15(18)19)9-11(10)8-13(12)21-2/h7-8H,3-6,9H2,1-2H3,(H,18,19). The minimum absolute atomic E-state index is 0.0396. The number of nitrogens with zero attached hydrogens (tertiary/aromatic N) is 1. The summed E-state index contributed by atoms with van der Waals surface area (Å²) >= 11 is 0. The van der Waals surface area contributed by atoms with Crippen molar-refractivity contribution in [1.82, 2.24) is 4.90 Å². The van der Waals surface area contributed by atoms with Gasteiger partial charge in [-0.15, -0.1) is 0 Å². The van der Waals surface area contributed by atoms with E-state index in [-0.39, 0.29) is 18.7 Å². The summed E-state index contributed by atoms with van der Waals surface area (Å²) < 4.78 is 10.5. The number of amides is 1. The predicted molar refractivity (Wildman–Crippen MR) is 75.5 cm³/mol. The number of rotatable bonds is 5. The van der Waals surface area contributed by atoms with E-state index >= 15 is 0 Å². The third-order valence-electron chi connectivity index (χ3n) is 3.62. The first-order valence-corrected chi connectivity index (χ1v) is 6.78. The highest BCUT2D eigenvalue weighted by molar-refractivity contribution is 5.81. The summed E-state index contributed by atoms with van der Waals surface area (Å²) in [5, 5.41) is 8.64. The number of methoxy groups -OCH3 is 2. The van der Waals surface area contributed by atoms with Crippen LogP contribution in [0.25, 0.3) is 0 Å². The van der Waals surface area contributed by atoms with E-state index < -0.39 is 5.97 Å². The van der Waals surface area contributed by atoms with Gasteiger partial charge in [0.1, 0.15) is 0 Å². The van der Waals surface area contributed by atoms with Gasteiger partial charge in [0.15, 0.2) is 11.5 Å². The molecule has 0 saturated carbocycles. The molecule has 0 bridgehead atoms. The van der Waals surface area contributed by atoms with Crippen molar-refractivity contribution >= 4 is 11.9 Å². The zero-order chi connectivity index (χ0) is 15.4. The van der Waals surface area contributed by atoms with E-state index in [0.717, 1.165) is 17.5 Å². The van der Waals surface area contributed by atoms with Crippen LogP contribution in [0.1, 0.15) is 24.0 Å². The maximum Gasteiger partial charge on any atom is 0.303 e. The molecule has 0 spiro atoms. The van der Waals surface area contributed by atoms with Crippen LogP contribution in [0.2, 0.25) is 0 Å². The topological polar surface area (TPSA) is 76.1 Å². The Balaban J connectivity index is 2.12. The molecule has 6 heteroatoms. The lowest BCUT2D eigenvalue weighted by atomic mass is 9.98. The molecule has 1 aromatic carbocycles. The summed E-state index contributed by atoms with van der Waals surface area (Å²) in [7, 11) is 3.16. The van der Waals surface area contributed by atoms with Gasteiger partial charge in [0, 0.05) is 19.5 Å². The van der Waals surface area contributed by atoms with E-state index in [1.54, 1.807) is 19.1 Å². The number of carbonyl (C=O) groups is 2. The molecule has 1 aliphatic heterocycles. The Morgan fingerprint density at radius 2 is 1.76 bits per heavy atom. The second-order valence-corrected chi connectivity index (χ2v) is 4.93. The van der Waals surface area contributed by atoms with Crippen molar-refractivity contribution in [1.29, 1.82) is 0 Å². The minimum atomic E-state index is -0.952. The Morgan fingerprint density at radius 1 is 1.14 bits per heavy atom. The molecule has 0 fully saturated rings. The second kappa shape index (κ2) is 6.47. The van der Waals surface area contributed by atoms with Crippen molar-refractivity contribution < 1.29 is 24.2 Å². The van der Waals surface area contributed by atoms with Gasteiger partial charge in [-0.25, -0.2) is 0 Å². The lowest BCUT2D eigenvalue weighted by Crippen LogP contribution is -2.36. The largest absolute Gasteiger partial charge is 0.493 e. The molecule has 0 aromatic heterocycles. The maximum atomic E-state index is 12.0. The Labute approximate surface area is 123 Å². The molecule has 0 radical (unpaired) electrons. The van der Waals surface area contributed by atoms with Gasteiger partial charge in [0.25, 0.3) is 0 Å². The van der Waals surface area contributed by atoms with Crippen molar-refractivity contribution in [3.63, 3.8) is 0 Å². The van der Waals surface area contributed by atoms with Gasteiger partial charge < -0.3 is 19.5 Å². The molecule has 1 amide bonds. The molecule has 0 atom stereocenters. The highest BCUT2D eigenvalue weighted by atomic mass is 16.5. The molecule has 21 heavy (non-hydrogen) atoms. The van der Waals surface area contributed by atoms with Gasteiger partial charge in [-0.2, -0.15) is 0 Å². The van der Waals surface area contributed by atoms with Crippen molar-refractivity contribution in [3.05, 3.63) is 23.3 Å². The Kier molecular flexibility index (Phi) is 4.67. The number of hydrogen-bond acceptors (Lipinski definition) is 4. The van der Waals surface area contributed by atoms with Crippen molar-refractivity contribution in [2.75, 3.05) is 20.8 Å². The van der Waals surface area contributed by atoms with Gasteiger partial charge in [-0.05, 0) is 29.7 Å². The van der Waals surface area contributed by atoms with E-state index in [1.165, 1.54) is 0 Å². The molecule has 1 aromatic rings. The lowest BCUT2D eigenvalue weighted by molar-refractivity contribution is -0.141. The highest BCUT2D eigenvalue weighted by Crippen LogP contribution is 2.33. The molecule has 6 nitrogen and oxygen atoms in total. The number of hydrogen-bond donors (Lipinski definition) is 1. The van der Waals surface area contributed by atoms with Crippen LogP contribution in [0.15, 0.2) is 12.1 Å². The minimum Gasteiger partial charge on any atom is -0.493 e. The number of ether oxygens (including phenoxy) is 2. The molecule has 2 rings (SSSR count). The zero-order valence-corrected chi connectivity index (χ0v) is 12.2. The molecule has 1 N–H and O–H groups in total. The first-order chi connectivity index (χ1) is 10.0. The van der Waals surface area contributed by atoms with Crippen LogP contribution in [0.4, 0.5) is 0 Å². The Morgan fingerprint density at radius 3 is 2.33 bits per heavy atom. The Bertz CT molecular complexity index is 555. The fourth-order valence-electron chi connectivity index (χ4n) is 2.47. The summed E-state index contributed by atoms with van der Waals surface area (Å²) in [6, 6.07) is 3.82. The molecule has 1 aliphatic rings. The van der Waals surface area contributed by atoms with Gasteiger partial charge in [-0.3, -0.25) is 9.59 Å². The molecule has 0 unspecified atom stereocenters. The normalized spacial score (nSPS) is 13.5. The average molecular weight is 293 g/mol. The van der Waals surface area contributed by atoms with Crippen molar-refractivity contribution in [2.24, 2.45) is 0 Å². The third kappa shape index (κ3) is 3.45. The average Bonchev–Trinajstić information content (AvgIpc) is 2.50. The first kappa shape index (κ1) is 15.2. The van der Waals surface area contributed by atoms with Crippen LogP contribution in [0, 0.1) is 0 Å². The van der Waals surface area contributed by atoms with Gasteiger partial charge in [-0.1, -0.05) is 0 Å². The molecular weight excluding hydrogens is 274 g/mol. The summed E-state index contributed by atoms with van der Waals surface area (Å²) in [6.07, 6.45) is 0.639. The van der Waals surface area contributed by atoms with Crippen LogP contribution in [0.5, 0.6) is 11.5 Å². The molecular formula is C15H19NO5. The second-order valence-electron chi connectivity index (χ2n) is 4.93. The van der Waals surface area contributed by atoms with E-state index in [1.807, 2.05) is 12.1 Å². The summed E-state index contributed by atoms with van der Waals surface area (Å²) in [5.41, 5.74) is 2.15. The first-order valence-electron chi connectivity index (χ1n) is 6.78. The maximum absolute atomic E-state index is 12.0. The fourth-order valence-corrected chi connectivity index (χ4v) is 2.47. The third-order valence-corrected chi connectivity index (χ3v) is 3.62. The summed E-state index contributed by atoms with van der Waals surface area (Å²) in [4.78, 5) is 24.2. The van der Waals surface area contributed by atoms with Crippen LogP contribution in [-0.2, 0) is 22.6 Å². The van der Waals surface area contributed by atoms with Gasteiger partial charge >= 0.3 is 5.97 Å². The number of benzene rings is 1. The Hall–Kier alpha value is -2.24. The number of aliphatic carboxylic acids is 1. The van der Waals surface area contributed by atoms with E-state index in [4.69, 9.17) is 14.6 Å². The predicted octanol–water partition coefficient (Wildman–Crippen LogP) is 1.45. The van der Waals surface area contributed by atoms with Crippen LogP contribution >= 0.6 is 0 Å². The van der Waals surface area contributed by atoms with Crippen molar-refractivity contribution in [2.45, 2.75) is 25.8 Å². The quantitative estimate of drug-likeness (QED) is 0.889.